The molecule has 2 N–H and O–H groups in total. The zero-order chi connectivity index (χ0) is 18.0. The summed E-state index contributed by atoms with van der Waals surface area (Å²) in [5, 5.41) is -0.0973. The van der Waals surface area contributed by atoms with Crippen LogP contribution in [-0.2, 0) is 6.42 Å². The Balaban J connectivity index is 2.45. The average molecular weight is 355 g/mol. The lowest BCUT2D eigenvalue weighted by molar-refractivity contribution is 0.171. The van der Waals surface area contributed by atoms with Crippen LogP contribution in [0.4, 0.5) is 19.3 Å². The summed E-state index contributed by atoms with van der Waals surface area (Å²) in [4.78, 5) is 13.0. The third-order valence-electron chi connectivity index (χ3n) is 3.60. The van der Waals surface area contributed by atoms with E-state index < -0.39 is 17.7 Å². The lowest BCUT2D eigenvalue weighted by Crippen LogP contribution is -2.25. The van der Waals surface area contributed by atoms with Crippen LogP contribution in [0.5, 0.6) is 5.75 Å². The Morgan fingerprint density at radius 1 is 1.33 bits per heavy atom. The third kappa shape index (κ3) is 3.59. The minimum absolute atomic E-state index is 0.00931. The SMILES string of the molecule is Cc1c(N)c(Cc2c(F)cccc2OC(=O)N(C)C)cc(Cl)c1F. The molecule has 2 aromatic rings. The van der Waals surface area contributed by atoms with Crippen molar-refractivity contribution in [3.8, 4) is 5.75 Å². The average Bonchev–Trinajstić information content (AvgIpc) is 2.53. The summed E-state index contributed by atoms with van der Waals surface area (Å²) < 4.78 is 33.2. The van der Waals surface area contributed by atoms with Gasteiger partial charge >= 0.3 is 6.09 Å². The number of hydrogen-bond acceptors (Lipinski definition) is 3. The summed E-state index contributed by atoms with van der Waals surface area (Å²) in [7, 11) is 3.03. The molecule has 4 nitrogen and oxygen atoms in total. The van der Waals surface area contributed by atoms with Crippen molar-refractivity contribution >= 4 is 23.4 Å². The van der Waals surface area contributed by atoms with Crippen molar-refractivity contribution in [1.29, 1.82) is 0 Å². The fraction of sp³-hybridized carbons (Fsp3) is 0.235. The predicted octanol–water partition coefficient (Wildman–Crippen LogP) is 4.16. The van der Waals surface area contributed by atoms with E-state index in [2.05, 4.69) is 0 Å². The second-order valence-corrected chi connectivity index (χ2v) is 5.93. The van der Waals surface area contributed by atoms with Crippen LogP contribution in [0.2, 0.25) is 5.02 Å². The van der Waals surface area contributed by atoms with Gasteiger partial charge in [0.2, 0.25) is 0 Å². The van der Waals surface area contributed by atoms with Gasteiger partial charge in [0.15, 0.2) is 0 Å². The third-order valence-corrected chi connectivity index (χ3v) is 3.87. The number of hydrogen-bond donors (Lipinski definition) is 1. The van der Waals surface area contributed by atoms with Crippen molar-refractivity contribution < 1.29 is 18.3 Å². The van der Waals surface area contributed by atoms with E-state index in [1.54, 1.807) is 0 Å². The second-order valence-electron chi connectivity index (χ2n) is 5.53. The van der Waals surface area contributed by atoms with Gasteiger partial charge in [-0.1, -0.05) is 17.7 Å². The molecule has 0 spiro atoms. The Bertz CT molecular complexity index is 795. The van der Waals surface area contributed by atoms with Crippen molar-refractivity contribution in [2.24, 2.45) is 0 Å². The molecule has 0 aliphatic rings. The number of halogens is 3. The van der Waals surface area contributed by atoms with Crippen molar-refractivity contribution in [2.75, 3.05) is 19.8 Å². The van der Waals surface area contributed by atoms with Gasteiger partial charge in [-0.3, -0.25) is 0 Å². The van der Waals surface area contributed by atoms with E-state index in [1.165, 1.54) is 50.2 Å². The molecule has 0 aliphatic heterocycles. The Labute approximate surface area is 143 Å². The van der Waals surface area contributed by atoms with E-state index in [0.717, 1.165) is 0 Å². The lowest BCUT2D eigenvalue weighted by Gasteiger charge is -2.16. The standard InChI is InChI=1S/C17H17ClF2N2O2/c1-9-15(20)12(18)8-10(16(9)21)7-11-13(19)5-4-6-14(11)24-17(23)22(2)3/h4-6,8H,7,21H2,1-3H3. The fourth-order valence-electron chi connectivity index (χ4n) is 2.16. The molecule has 2 rings (SSSR count). The van der Waals surface area contributed by atoms with Crippen LogP contribution in [0.3, 0.4) is 0 Å². The van der Waals surface area contributed by atoms with Gasteiger partial charge in [-0.05, 0) is 30.7 Å². The summed E-state index contributed by atoms with van der Waals surface area (Å²) in [6, 6.07) is 5.51. The number of nitrogen functional groups attached to an aromatic ring is 1. The number of nitrogens with two attached hydrogens (primary N) is 1. The quantitative estimate of drug-likeness (QED) is 0.842. The van der Waals surface area contributed by atoms with Crippen molar-refractivity contribution in [2.45, 2.75) is 13.3 Å². The van der Waals surface area contributed by atoms with Crippen LogP contribution in [-0.4, -0.2) is 25.1 Å². The highest BCUT2D eigenvalue weighted by atomic mass is 35.5. The monoisotopic (exact) mass is 354 g/mol. The van der Waals surface area contributed by atoms with Crippen LogP contribution < -0.4 is 10.5 Å². The zero-order valence-electron chi connectivity index (χ0n) is 13.5. The van der Waals surface area contributed by atoms with Gasteiger partial charge in [-0.15, -0.1) is 0 Å². The van der Waals surface area contributed by atoms with Crippen LogP contribution in [0.25, 0.3) is 0 Å². The normalized spacial score (nSPS) is 10.6. The minimum atomic E-state index is -0.636. The second kappa shape index (κ2) is 7.05. The summed E-state index contributed by atoms with van der Waals surface area (Å²) in [6.07, 6.45) is -0.627. The van der Waals surface area contributed by atoms with Crippen LogP contribution >= 0.6 is 11.6 Å². The molecule has 24 heavy (non-hydrogen) atoms. The van der Waals surface area contributed by atoms with Gasteiger partial charge in [0.1, 0.15) is 17.4 Å². The Hall–Kier alpha value is -2.34. The molecule has 0 saturated carbocycles. The van der Waals surface area contributed by atoms with Gasteiger partial charge in [-0.25, -0.2) is 13.6 Å². The number of anilines is 1. The molecule has 0 bridgehead atoms. The smallest absolute Gasteiger partial charge is 0.410 e. The molecule has 1 amide bonds. The molecule has 0 radical (unpaired) electrons. The molecule has 0 aromatic heterocycles. The van der Waals surface area contributed by atoms with E-state index in [1.807, 2.05) is 0 Å². The minimum Gasteiger partial charge on any atom is -0.410 e. The molecule has 2 aromatic carbocycles. The Kier molecular flexibility index (Phi) is 5.29. The zero-order valence-corrected chi connectivity index (χ0v) is 14.2. The highest BCUT2D eigenvalue weighted by Crippen LogP contribution is 2.32. The lowest BCUT2D eigenvalue weighted by atomic mass is 9.99. The summed E-state index contributed by atoms with van der Waals surface area (Å²) in [5.41, 5.74) is 6.88. The van der Waals surface area contributed by atoms with E-state index in [-0.39, 0.29) is 34.0 Å². The van der Waals surface area contributed by atoms with Gasteiger partial charge in [0, 0.05) is 37.3 Å². The van der Waals surface area contributed by atoms with Gasteiger partial charge < -0.3 is 15.4 Å². The maximum atomic E-state index is 14.2. The maximum Gasteiger partial charge on any atom is 0.414 e. The van der Waals surface area contributed by atoms with Gasteiger partial charge in [0.25, 0.3) is 0 Å². The summed E-state index contributed by atoms with van der Waals surface area (Å²) in [5.74, 6) is -1.09. The van der Waals surface area contributed by atoms with Crippen LogP contribution in [0.15, 0.2) is 24.3 Å². The summed E-state index contributed by atoms with van der Waals surface area (Å²) >= 11 is 5.85. The topological polar surface area (TPSA) is 55.6 Å². The molecular weight excluding hydrogens is 338 g/mol. The largest absolute Gasteiger partial charge is 0.414 e. The van der Waals surface area contributed by atoms with E-state index in [4.69, 9.17) is 22.1 Å². The highest BCUT2D eigenvalue weighted by Gasteiger charge is 2.18. The number of carbonyl (C=O) groups is 1. The predicted molar refractivity (Wildman–Crippen MR) is 89.5 cm³/mol. The van der Waals surface area contributed by atoms with Gasteiger partial charge in [-0.2, -0.15) is 0 Å². The first kappa shape index (κ1) is 18.0. The van der Waals surface area contributed by atoms with Crippen molar-refractivity contribution in [3.05, 3.63) is 57.6 Å². The molecule has 0 aliphatic carbocycles. The first-order valence-corrected chi connectivity index (χ1v) is 7.49. The molecule has 7 heteroatoms. The highest BCUT2D eigenvalue weighted by molar-refractivity contribution is 6.31. The van der Waals surface area contributed by atoms with Gasteiger partial charge in [0.05, 0.1) is 5.02 Å². The number of carbonyl (C=O) groups excluding carboxylic acids is 1. The number of ether oxygens (including phenoxy) is 1. The first-order chi connectivity index (χ1) is 11.2. The van der Waals surface area contributed by atoms with Crippen molar-refractivity contribution in [1.82, 2.24) is 4.90 Å². The number of nitrogens with zero attached hydrogens (tertiary/aromatic N) is 1. The maximum absolute atomic E-state index is 14.2. The van der Waals surface area contributed by atoms with E-state index in [9.17, 15) is 13.6 Å². The molecular formula is C17H17ClF2N2O2. The molecule has 128 valence electrons. The first-order valence-electron chi connectivity index (χ1n) is 7.11. The number of benzene rings is 2. The Morgan fingerprint density at radius 3 is 2.62 bits per heavy atom. The van der Waals surface area contributed by atoms with Crippen molar-refractivity contribution in [3.63, 3.8) is 0 Å². The van der Waals surface area contributed by atoms with E-state index >= 15 is 0 Å². The molecule has 0 saturated heterocycles. The molecule has 0 fully saturated rings. The number of rotatable bonds is 3. The molecule has 0 atom stereocenters. The van der Waals surface area contributed by atoms with Crippen LogP contribution in [0, 0.1) is 18.6 Å². The van der Waals surface area contributed by atoms with Crippen LogP contribution in [0.1, 0.15) is 16.7 Å². The summed E-state index contributed by atoms with van der Waals surface area (Å²) in [6.45, 7) is 1.49. The molecule has 0 heterocycles. The molecule has 0 unspecified atom stereocenters. The Morgan fingerprint density at radius 2 is 2.00 bits per heavy atom. The number of amides is 1. The van der Waals surface area contributed by atoms with E-state index in [0.29, 0.717) is 5.56 Å². The fourth-order valence-corrected chi connectivity index (χ4v) is 2.43.